The maximum Gasteiger partial charge on any atom is 0.411 e. The van der Waals surface area contributed by atoms with E-state index in [4.69, 9.17) is 9.47 Å². The summed E-state index contributed by atoms with van der Waals surface area (Å²) in [5.74, 6) is -0.958. The van der Waals surface area contributed by atoms with Crippen molar-refractivity contribution in [2.75, 3.05) is 48.6 Å². The van der Waals surface area contributed by atoms with Crippen molar-refractivity contribution in [1.29, 1.82) is 0 Å². The zero-order valence-corrected chi connectivity index (χ0v) is 34.5. The summed E-state index contributed by atoms with van der Waals surface area (Å²) < 4.78 is 9.92. The number of aryl methyl sites for hydroxylation is 1. The molecule has 14 nitrogen and oxygen atoms in total. The lowest BCUT2D eigenvalue weighted by Gasteiger charge is -2.35. The fourth-order valence-corrected chi connectivity index (χ4v) is 8.01. The van der Waals surface area contributed by atoms with E-state index in [0.717, 1.165) is 36.8 Å². The van der Waals surface area contributed by atoms with Crippen molar-refractivity contribution in [3.8, 4) is 11.1 Å². The van der Waals surface area contributed by atoms with Crippen molar-refractivity contribution >= 4 is 58.6 Å². The van der Waals surface area contributed by atoms with Crippen LogP contribution in [0.2, 0.25) is 0 Å². The molecular formula is C46H52N6O8. The zero-order valence-electron chi connectivity index (χ0n) is 34.5. The normalized spacial score (nSPS) is 16.3. The van der Waals surface area contributed by atoms with Crippen LogP contribution in [0, 0.1) is 13.8 Å². The number of likely N-dealkylation sites (tertiary alicyclic amines) is 2. The van der Waals surface area contributed by atoms with E-state index in [0.29, 0.717) is 65.2 Å². The topological polar surface area (TPSA) is 175 Å². The second-order valence-electron chi connectivity index (χ2n) is 15.1. The Morgan fingerprint density at radius 3 is 1.63 bits per heavy atom. The third-order valence-corrected chi connectivity index (χ3v) is 11.1. The Hall–Kier alpha value is -6.70. The highest BCUT2D eigenvalue weighted by molar-refractivity contribution is 6.05. The fourth-order valence-electron chi connectivity index (χ4n) is 8.01. The molecule has 6 amide bonds. The van der Waals surface area contributed by atoms with Crippen molar-refractivity contribution in [1.82, 2.24) is 9.80 Å². The second kappa shape index (κ2) is 19.8. The summed E-state index contributed by atoms with van der Waals surface area (Å²) in [6.07, 6.45) is 3.00. The number of piperidine rings is 2. The number of amides is 6. The molecular weight excluding hydrogens is 765 g/mol. The Morgan fingerprint density at radius 1 is 0.583 bits per heavy atom. The van der Waals surface area contributed by atoms with E-state index < -0.39 is 24.3 Å². The lowest BCUT2D eigenvalue weighted by molar-refractivity contribution is -0.139. The highest BCUT2D eigenvalue weighted by Crippen LogP contribution is 2.42. The van der Waals surface area contributed by atoms with E-state index in [1.807, 2.05) is 67.6 Å². The molecule has 314 valence electrons. The third-order valence-electron chi connectivity index (χ3n) is 11.1. The lowest BCUT2D eigenvalue weighted by Crippen LogP contribution is -2.50. The number of rotatable bonds is 11. The number of carbonyl (C=O) groups excluding carboxylic acids is 6. The summed E-state index contributed by atoms with van der Waals surface area (Å²) in [4.78, 5) is 83.6. The molecule has 0 bridgehead atoms. The first-order valence-electron chi connectivity index (χ1n) is 20.2. The molecule has 0 aliphatic carbocycles. The van der Waals surface area contributed by atoms with Crippen molar-refractivity contribution < 1.29 is 38.2 Å². The molecule has 6 rings (SSSR count). The van der Waals surface area contributed by atoms with Crippen LogP contribution < -0.4 is 21.3 Å². The molecule has 2 heterocycles. The summed E-state index contributed by atoms with van der Waals surface area (Å²) in [6, 6.07) is 24.2. The summed E-state index contributed by atoms with van der Waals surface area (Å²) in [5.41, 5.74) is 5.15. The summed E-state index contributed by atoms with van der Waals surface area (Å²) in [6.45, 7) is 4.49. The van der Waals surface area contributed by atoms with Crippen LogP contribution in [0.15, 0.2) is 84.9 Å². The maximum absolute atomic E-state index is 14.0. The lowest BCUT2D eigenvalue weighted by atomic mass is 9.93. The van der Waals surface area contributed by atoms with Gasteiger partial charge in [0.15, 0.2) is 0 Å². The van der Waals surface area contributed by atoms with E-state index in [1.165, 1.54) is 14.2 Å². The monoisotopic (exact) mass is 816 g/mol. The second-order valence-corrected chi connectivity index (χ2v) is 15.1. The number of hydrogen-bond acceptors (Lipinski definition) is 8. The van der Waals surface area contributed by atoms with Crippen molar-refractivity contribution in [3.05, 3.63) is 107 Å². The van der Waals surface area contributed by atoms with Crippen LogP contribution in [-0.2, 0) is 41.5 Å². The van der Waals surface area contributed by atoms with Gasteiger partial charge in [0.1, 0.15) is 12.1 Å². The Bertz CT molecular complexity index is 2230. The van der Waals surface area contributed by atoms with Crippen LogP contribution in [0.25, 0.3) is 11.1 Å². The maximum atomic E-state index is 14.0. The Labute approximate surface area is 350 Å². The standard InChI is InChI=1S/C46H52N6O8/c1-29-25-35(42(50-46(58)60-4)30(2)41(29)49-44(56)38-20-12-14-24-52(38)40(54)27-32-17-9-6-10-18-32)34-22-21-33(28-36(34)48-45(57)59-3)47-43(55)37-19-11-13-23-51(37)39(53)26-31-15-7-5-8-16-31/h5-10,15-18,21-22,25,28,37-38H,11-14,19-20,23-24,26-27H2,1-4H3,(H,47,55)(H,48,57)(H,49,56)(H,50,58)/t37?,38-/m1/s1. The van der Waals surface area contributed by atoms with Gasteiger partial charge in [0.25, 0.3) is 0 Å². The van der Waals surface area contributed by atoms with Gasteiger partial charge >= 0.3 is 12.2 Å². The highest BCUT2D eigenvalue weighted by Gasteiger charge is 2.34. The number of carbonyl (C=O) groups is 6. The molecule has 0 radical (unpaired) electrons. The number of anilines is 4. The van der Waals surface area contributed by atoms with Gasteiger partial charge in [0.2, 0.25) is 23.6 Å². The molecule has 4 aromatic rings. The Balaban J connectivity index is 1.29. The van der Waals surface area contributed by atoms with Crippen LogP contribution in [-0.4, -0.2) is 85.0 Å². The quantitative estimate of drug-likeness (QED) is 0.121. The molecule has 2 fully saturated rings. The van der Waals surface area contributed by atoms with Gasteiger partial charge in [0, 0.05) is 35.6 Å². The largest absolute Gasteiger partial charge is 0.453 e. The van der Waals surface area contributed by atoms with Gasteiger partial charge in [-0.25, -0.2) is 9.59 Å². The van der Waals surface area contributed by atoms with Gasteiger partial charge in [-0.2, -0.15) is 0 Å². The number of ether oxygens (including phenoxy) is 2. The van der Waals surface area contributed by atoms with E-state index in [-0.39, 0.29) is 42.2 Å². The van der Waals surface area contributed by atoms with Crippen LogP contribution >= 0.6 is 0 Å². The molecule has 2 aliphatic heterocycles. The van der Waals surface area contributed by atoms with Crippen molar-refractivity contribution in [2.45, 2.75) is 77.3 Å². The summed E-state index contributed by atoms with van der Waals surface area (Å²) in [5, 5.41) is 11.5. The van der Waals surface area contributed by atoms with Crippen molar-refractivity contribution in [2.24, 2.45) is 0 Å². The number of methoxy groups -OCH3 is 2. The van der Waals surface area contributed by atoms with Crippen molar-refractivity contribution in [3.63, 3.8) is 0 Å². The molecule has 0 saturated carbocycles. The number of nitrogens with zero attached hydrogens (tertiary/aromatic N) is 2. The molecule has 0 spiro atoms. The van der Waals surface area contributed by atoms with E-state index in [9.17, 15) is 28.8 Å². The predicted molar refractivity (Wildman–Crippen MR) is 230 cm³/mol. The average molecular weight is 817 g/mol. The van der Waals surface area contributed by atoms with Gasteiger partial charge in [-0.15, -0.1) is 0 Å². The number of hydrogen-bond donors (Lipinski definition) is 4. The summed E-state index contributed by atoms with van der Waals surface area (Å²) >= 11 is 0. The Morgan fingerprint density at radius 2 is 1.10 bits per heavy atom. The highest BCUT2D eigenvalue weighted by atomic mass is 16.5. The number of benzene rings is 4. The molecule has 1 unspecified atom stereocenters. The Kier molecular flexibility index (Phi) is 14.2. The van der Waals surface area contributed by atoms with E-state index >= 15 is 0 Å². The fraction of sp³-hybridized carbons (Fsp3) is 0.348. The minimum absolute atomic E-state index is 0.129. The first kappa shape index (κ1) is 42.9. The predicted octanol–water partition coefficient (Wildman–Crippen LogP) is 7.45. The SMILES string of the molecule is COC(=O)Nc1cc(NC(=O)C2CCCCN2C(=O)Cc2ccccc2)ccc1-c1cc(C)c(NC(=O)[C@H]2CCCCN2C(=O)Cc2ccccc2)c(C)c1NC(=O)OC. The van der Waals surface area contributed by atoms with E-state index in [2.05, 4.69) is 21.3 Å². The molecule has 60 heavy (non-hydrogen) atoms. The molecule has 4 N–H and O–H groups in total. The van der Waals surface area contributed by atoms with Crippen LogP contribution in [0.4, 0.5) is 32.3 Å². The third kappa shape index (κ3) is 10.3. The van der Waals surface area contributed by atoms with Crippen LogP contribution in [0.1, 0.15) is 60.8 Å². The van der Waals surface area contributed by atoms with Gasteiger partial charge in [0.05, 0.1) is 38.4 Å². The van der Waals surface area contributed by atoms with Gasteiger partial charge < -0.3 is 29.9 Å². The van der Waals surface area contributed by atoms with Crippen LogP contribution in [0.3, 0.4) is 0 Å². The first-order valence-corrected chi connectivity index (χ1v) is 20.2. The zero-order chi connectivity index (χ0) is 42.8. The average Bonchev–Trinajstić information content (AvgIpc) is 3.26. The number of nitrogens with one attached hydrogen (secondary N) is 4. The van der Waals surface area contributed by atoms with Gasteiger partial charge in [-0.3, -0.25) is 29.8 Å². The molecule has 0 aromatic heterocycles. The molecule has 4 aromatic carbocycles. The molecule has 14 heteroatoms. The first-order chi connectivity index (χ1) is 29.0. The van der Waals surface area contributed by atoms with Crippen LogP contribution in [0.5, 0.6) is 0 Å². The smallest absolute Gasteiger partial charge is 0.411 e. The minimum atomic E-state index is -0.775. The van der Waals surface area contributed by atoms with E-state index in [1.54, 1.807) is 41.0 Å². The molecule has 2 aliphatic rings. The minimum Gasteiger partial charge on any atom is -0.453 e. The van der Waals surface area contributed by atoms with Gasteiger partial charge in [-0.1, -0.05) is 66.7 Å². The van der Waals surface area contributed by atoms with Gasteiger partial charge in [-0.05, 0) is 92.8 Å². The molecule has 2 atom stereocenters. The summed E-state index contributed by atoms with van der Waals surface area (Å²) in [7, 11) is 2.46. The molecule has 2 saturated heterocycles.